The molecule has 1 saturated heterocycles. The van der Waals surface area contributed by atoms with Crippen LogP contribution in [-0.4, -0.2) is 51.4 Å². The molecule has 5 amide bonds. The molecule has 2 aromatic rings. The summed E-state index contributed by atoms with van der Waals surface area (Å²) in [7, 11) is 0. The third kappa shape index (κ3) is 3.91. The number of urea groups is 2. The van der Waals surface area contributed by atoms with E-state index >= 15 is 0 Å². The van der Waals surface area contributed by atoms with E-state index in [1.54, 1.807) is 74.5 Å². The molecule has 1 heterocycles. The zero-order valence-corrected chi connectivity index (χ0v) is 16.6. The highest BCUT2D eigenvalue weighted by molar-refractivity contribution is 5.99. The summed E-state index contributed by atoms with van der Waals surface area (Å²) in [5.74, 6) is 4.60. The number of hydrogen-bond acceptors (Lipinski definition) is 5. The highest BCUT2D eigenvalue weighted by Gasteiger charge is 2.56. The maximum Gasteiger partial charge on any atom is 0.347 e. The number of benzene rings is 2. The standard InChI is InChI=1S/C20H24N6O4/c1-20(2)17(26(30)18(28)22-14-9-5-3-6-10-14)25(15-11-7-4-8-12-15)19(29)24(20)13-16(27)23-21/h3-12,17,30H,13,21H2,1-2H3,(H,22,28)(H,23,27). The molecule has 1 unspecified atom stereocenters. The van der Waals surface area contributed by atoms with Gasteiger partial charge in [-0.05, 0) is 38.1 Å². The maximum absolute atomic E-state index is 13.2. The highest BCUT2D eigenvalue weighted by Crippen LogP contribution is 2.37. The Morgan fingerprint density at radius 2 is 1.67 bits per heavy atom. The first-order chi connectivity index (χ1) is 14.3. The lowest BCUT2D eigenvalue weighted by molar-refractivity contribution is -0.124. The molecule has 0 radical (unpaired) electrons. The number of carbonyl (C=O) groups is 3. The van der Waals surface area contributed by atoms with Crippen molar-refractivity contribution in [1.82, 2.24) is 15.4 Å². The predicted molar refractivity (Wildman–Crippen MR) is 110 cm³/mol. The number of nitrogens with one attached hydrogen (secondary N) is 2. The summed E-state index contributed by atoms with van der Waals surface area (Å²) < 4.78 is 0. The first-order valence-electron chi connectivity index (χ1n) is 9.27. The Morgan fingerprint density at radius 3 is 2.23 bits per heavy atom. The monoisotopic (exact) mass is 412 g/mol. The first kappa shape index (κ1) is 21.1. The first-order valence-corrected chi connectivity index (χ1v) is 9.27. The Bertz CT molecular complexity index is 921. The van der Waals surface area contributed by atoms with E-state index in [9.17, 15) is 19.6 Å². The van der Waals surface area contributed by atoms with Crippen molar-refractivity contribution in [1.29, 1.82) is 0 Å². The van der Waals surface area contributed by atoms with E-state index in [-0.39, 0.29) is 6.54 Å². The van der Waals surface area contributed by atoms with Crippen LogP contribution in [0.1, 0.15) is 13.8 Å². The number of nitrogens with two attached hydrogens (primary N) is 1. The Kier molecular flexibility index (Phi) is 5.90. The smallest absolute Gasteiger partial charge is 0.306 e. The van der Waals surface area contributed by atoms with Crippen molar-refractivity contribution >= 4 is 29.3 Å². The molecule has 10 heteroatoms. The third-order valence-electron chi connectivity index (χ3n) is 4.97. The molecule has 1 aliphatic rings. The molecule has 0 spiro atoms. The van der Waals surface area contributed by atoms with Crippen LogP contribution >= 0.6 is 0 Å². The lowest BCUT2D eigenvalue weighted by Gasteiger charge is -2.38. The van der Waals surface area contributed by atoms with Gasteiger partial charge < -0.3 is 10.2 Å². The van der Waals surface area contributed by atoms with Gasteiger partial charge in [0.15, 0.2) is 6.17 Å². The van der Waals surface area contributed by atoms with Crippen LogP contribution in [0.3, 0.4) is 0 Å². The molecule has 2 aromatic carbocycles. The van der Waals surface area contributed by atoms with E-state index in [4.69, 9.17) is 5.84 Å². The summed E-state index contributed by atoms with van der Waals surface area (Å²) in [6, 6.07) is 15.8. The molecule has 30 heavy (non-hydrogen) atoms. The number of amides is 5. The van der Waals surface area contributed by atoms with Gasteiger partial charge in [-0.15, -0.1) is 0 Å². The van der Waals surface area contributed by atoms with Crippen molar-refractivity contribution in [2.24, 2.45) is 5.84 Å². The molecule has 0 saturated carbocycles. The van der Waals surface area contributed by atoms with Gasteiger partial charge in [-0.1, -0.05) is 36.4 Å². The van der Waals surface area contributed by atoms with Gasteiger partial charge in [-0.3, -0.25) is 20.3 Å². The van der Waals surface area contributed by atoms with Crippen molar-refractivity contribution in [2.75, 3.05) is 16.8 Å². The van der Waals surface area contributed by atoms with Gasteiger partial charge in [0.1, 0.15) is 6.54 Å². The molecule has 0 aliphatic carbocycles. The van der Waals surface area contributed by atoms with Crippen LogP contribution in [0.4, 0.5) is 21.0 Å². The van der Waals surface area contributed by atoms with E-state index in [1.165, 1.54) is 9.80 Å². The summed E-state index contributed by atoms with van der Waals surface area (Å²) in [5.41, 5.74) is 1.80. The lowest BCUT2D eigenvalue weighted by Crippen LogP contribution is -2.58. The predicted octanol–water partition coefficient (Wildman–Crippen LogP) is 1.95. The number of hydrazine groups is 1. The van der Waals surface area contributed by atoms with Gasteiger partial charge in [0.25, 0.3) is 5.91 Å². The van der Waals surface area contributed by atoms with Crippen molar-refractivity contribution in [2.45, 2.75) is 25.6 Å². The number of nitrogens with zero attached hydrogens (tertiary/aromatic N) is 3. The molecule has 10 nitrogen and oxygen atoms in total. The van der Waals surface area contributed by atoms with Crippen molar-refractivity contribution in [3.63, 3.8) is 0 Å². The van der Waals surface area contributed by atoms with Gasteiger partial charge in [0, 0.05) is 11.4 Å². The molecular formula is C20H24N6O4. The lowest BCUT2D eigenvalue weighted by atomic mass is 9.99. The van der Waals surface area contributed by atoms with Crippen LogP contribution in [0.2, 0.25) is 0 Å². The topological polar surface area (TPSA) is 131 Å². The summed E-state index contributed by atoms with van der Waals surface area (Å²) in [4.78, 5) is 40.4. The van der Waals surface area contributed by atoms with Gasteiger partial charge in [0.05, 0.1) is 5.54 Å². The second-order valence-electron chi connectivity index (χ2n) is 7.31. The molecular weight excluding hydrogens is 388 g/mol. The van der Waals surface area contributed by atoms with Crippen molar-refractivity contribution in [3.05, 3.63) is 60.7 Å². The number of hydrogen-bond donors (Lipinski definition) is 4. The van der Waals surface area contributed by atoms with Crippen LogP contribution < -0.4 is 21.5 Å². The largest absolute Gasteiger partial charge is 0.347 e. The molecule has 0 bridgehead atoms. The second-order valence-corrected chi connectivity index (χ2v) is 7.31. The van der Waals surface area contributed by atoms with Crippen LogP contribution in [0.5, 0.6) is 0 Å². The number of para-hydroxylation sites is 2. The SMILES string of the molecule is CC1(C)C(N(O)C(=O)Nc2ccccc2)N(c2ccccc2)C(=O)N1CC(=O)NN. The number of hydroxylamine groups is 2. The van der Waals surface area contributed by atoms with Gasteiger partial charge in [0.2, 0.25) is 0 Å². The average Bonchev–Trinajstić information content (AvgIpc) is 2.94. The zero-order valence-electron chi connectivity index (χ0n) is 16.6. The Balaban J connectivity index is 1.97. The minimum absolute atomic E-state index is 0.337. The minimum Gasteiger partial charge on any atom is -0.306 e. The maximum atomic E-state index is 13.2. The third-order valence-corrected chi connectivity index (χ3v) is 4.97. The van der Waals surface area contributed by atoms with Crippen LogP contribution in [0.25, 0.3) is 0 Å². The van der Waals surface area contributed by atoms with Crippen molar-refractivity contribution < 1.29 is 19.6 Å². The summed E-state index contributed by atoms with van der Waals surface area (Å²) in [6.07, 6.45) is -1.12. The molecule has 1 fully saturated rings. The number of carbonyl (C=O) groups excluding carboxylic acids is 3. The Labute approximate surface area is 173 Å². The molecule has 3 rings (SSSR count). The zero-order chi connectivity index (χ0) is 21.9. The number of rotatable bonds is 5. The fraction of sp³-hybridized carbons (Fsp3) is 0.250. The van der Waals surface area contributed by atoms with E-state index in [0.717, 1.165) is 0 Å². The fourth-order valence-electron chi connectivity index (χ4n) is 3.46. The van der Waals surface area contributed by atoms with Gasteiger partial charge in [-0.25, -0.2) is 15.4 Å². The minimum atomic E-state index is -1.14. The van der Waals surface area contributed by atoms with E-state index in [2.05, 4.69) is 5.32 Å². The molecule has 1 atom stereocenters. The molecule has 1 aliphatic heterocycles. The number of anilines is 2. The van der Waals surface area contributed by atoms with Crippen LogP contribution in [-0.2, 0) is 4.79 Å². The molecule has 0 aromatic heterocycles. The summed E-state index contributed by atoms with van der Waals surface area (Å²) >= 11 is 0. The quantitative estimate of drug-likeness (QED) is 0.258. The fourth-order valence-corrected chi connectivity index (χ4v) is 3.46. The molecule has 5 N–H and O–H groups in total. The summed E-state index contributed by atoms with van der Waals surface area (Å²) in [5, 5.41) is 13.9. The van der Waals surface area contributed by atoms with Gasteiger partial charge in [-0.2, -0.15) is 5.06 Å². The van der Waals surface area contributed by atoms with E-state index in [0.29, 0.717) is 16.4 Å². The van der Waals surface area contributed by atoms with E-state index in [1.807, 2.05) is 5.43 Å². The molecule has 158 valence electrons. The normalized spacial score (nSPS) is 17.6. The summed E-state index contributed by atoms with van der Waals surface area (Å²) in [6.45, 7) is 2.97. The van der Waals surface area contributed by atoms with E-state index < -0.39 is 29.7 Å². The Hall–Kier alpha value is -3.63. The van der Waals surface area contributed by atoms with Crippen molar-refractivity contribution in [3.8, 4) is 0 Å². The van der Waals surface area contributed by atoms with Crippen LogP contribution in [0, 0.1) is 0 Å². The highest BCUT2D eigenvalue weighted by atomic mass is 16.5. The van der Waals surface area contributed by atoms with Gasteiger partial charge >= 0.3 is 12.1 Å². The Morgan fingerprint density at radius 1 is 1.10 bits per heavy atom. The average molecular weight is 412 g/mol. The second kappa shape index (κ2) is 8.39. The van der Waals surface area contributed by atoms with Crippen LogP contribution in [0.15, 0.2) is 60.7 Å².